The Bertz CT molecular complexity index is 241. The van der Waals surface area contributed by atoms with Crippen molar-refractivity contribution in [1.29, 1.82) is 0 Å². The topological polar surface area (TPSA) is 18.5 Å². The van der Waals surface area contributed by atoms with E-state index in [1.54, 1.807) is 0 Å². The van der Waals surface area contributed by atoms with Gasteiger partial charge in [-0.25, -0.2) is 0 Å². The fourth-order valence-corrected chi connectivity index (χ4v) is 4.90. The van der Waals surface area contributed by atoms with Crippen molar-refractivity contribution in [2.45, 2.75) is 38.4 Å². The number of hydrogen-bond donors (Lipinski definition) is 0. The summed E-state index contributed by atoms with van der Waals surface area (Å²) in [7, 11) is 0. The summed E-state index contributed by atoms with van der Waals surface area (Å²) in [6.07, 6.45) is 5.27. The lowest BCUT2D eigenvalue weighted by atomic mass is 9.79. The van der Waals surface area contributed by atoms with Crippen LogP contribution in [0.2, 0.25) is 0 Å². The maximum atomic E-state index is 5.73. The molecule has 1 aliphatic heterocycles. The number of ether oxygens (including phenoxy) is 2. The molecule has 3 aliphatic carbocycles. The Morgan fingerprint density at radius 3 is 1.93 bits per heavy atom. The Morgan fingerprint density at radius 1 is 0.786 bits per heavy atom. The first-order valence-electron chi connectivity index (χ1n) is 6.08. The Morgan fingerprint density at radius 2 is 1.36 bits per heavy atom. The lowest BCUT2D eigenvalue weighted by molar-refractivity contribution is 0.0136. The number of hydrogen-bond acceptors (Lipinski definition) is 2. The van der Waals surface area contributed by atoms with Gasteiger partial charge in [0.15, 0.2) is 0 Å². The summed E-state index contributed by atoms with van der Waals surface area (Å²) in [6.45, 7) is 2.98. The van der Waals surface area contributed by atoms with Gasteiger partial charge in [0.05, 0.1) is 12.2 Å². The van der Waals surface area contributed by atoms with Crippen molar-refractivity contribution in [3.05, 3.63) is 0 Å². The second kappa shape index (κ2) is 2.53. The first-order chi connectivity index (χ1) is 6.84. The van der Waals surface area contributed by atoms with E-state index in [9.17, 15) is 0 Å². The SMILES string of the molecule is CC1CC2C(C1)C1CC2C2OCOC12. The highest BCUT2D eigenvalue weighted by atomic mass is 16.7. The summed E-state index contributed by atoms with van der Waals surface area (Å²) >= 11 is 0. The van der Waals surface area contributed by atoms with Gasteiger partial charge in [0, 0.05) is 0 Å². The van der Waals surface area contributed by atoms with Crippen molar-refractivity contribution in [1.82, 2.24) is 0 Å². The molecular weight excluding hydrogens is 176 g/mol. The molecule has 0 spiro atoms. The Labute approximate surface area is 85.0 Å². The van der Waals surface area contributed by atoms with Crippen molar-refractivity contribution >= 4 is 0 Å². The van der Waals surface area contributed by atoms with Gasteiger partial charge in [-0.05, 0) is 48.9 Å². The van der Waals surface area contributed by atoms with Gasteiger partial charge in [-0.1, -0.05) is 6.92 Å². The predicted molar refractivity (Wildman–Crippen MR) is 51.6 cm³/mol. The minimum Gasteiger partial charge on any atom is -0.349 e. The molecule has 0 aromatic carbocycles. The number of rotatable bonds is 0. The molecule has 78 valence electrons. The normalized spacial score (nSPS) is 64.5. The minimum absolute atomic E-state index is 0.478. The minimum atomic E-state index is 0.478. The lowest BCUT2D eigenvalue weighted by Gasteiger charge is -2.31. The third-order valence-electron chi connectivity index (χ3n) is 5.23. The zero-order valence-electron chi connectivity index (χ0n) is 8.69. The lowest BCUT2D eigenvalue weighted by Crippen LogP contribution is -2.37. The summed E-state index contributed by atoms with van der Waals surface area (Å²) < 4.78 is 11.5. The molecule has 4 aliphatic rings. The molecule has 4 fully saturated rings. The third-order valence-corrected chi connectivity index (χ3v) is 5.23. The summed E-state index contributed by atoms with van der Waals surface area (Å²) in [5.41, 5.74) is 0. The average molecular weight is 194 g/mol. The van der Waals surface area contributed by atoms with Crippen molar-refractivity contribution in [2.75, 3.05) is 6.79 Å². The maximum Gasteiger partial charge on any atom is 0.147 e. The fraction of sp³-hybridized carbons (Fsp3) is 1.00. The molecule has 0 amide bonds. The van der Waals surface area contributed by atoms with Crippen molar-refractivity contribution in [3.63, 3.8) is 0 Å². The highest BCUT2D eigenvalue weighted by molar-refractivity contribution is 5.10. The smallest absolute Gasteiger partial charge is 0.147 e. The highest BCUT2D eigenvalue weighted by Crippen LogP contribution is 2.62. The van der Waals surface area contributed by atoms with Crippen LogP contribution in [0.1, 0.15) is 26.2 Å². The quantitative estimate of drug-likeness (QED) is 0.587. The van der Waals surface area contributed by atoms with Gasteiger partial charge < -0.3 is 9.47 Å². The summed E-state index contributed by atoms with van der Waals surface area (Å²) in [6, 6.07) is 0. The van der Waals surface area contributed by atoms with Gasteiger partial charge >= 0.3 is 0 Å². The van der Waals surface area contributed by atoms with Gasteiger partial charge in [-0.3, -0.25) is 0 Å². The zero-order valence-corrected chi connectivity index (χ0v) is 8.69. The van der Waals surface area contributed by atoms with Crippen molar-refractivity contribution in [3.8, 4) is 0 Å². The van der Waals surface area contributed by atoms with E-state index in [1.807, 2.05) is 0 Å². The van der Waals surface area contributed by atoms with Gasteiger partial charge in [0.25, 0.3) is 0 Å². The molecule has 1 saturated heterocycles. The molecule has 2 bridgehead atoms. The van der Waals surface area contributed by atoms with Crippen LogP contribution in [0.25, 0.3) is 0 Å². The first-order valence-corrected chi connectivity index (χ1v) is 6.08. The molecule has 14 heavy (non-hydrogen) atoms. The van der Waals surface area contributed by atoms with Gasteiger partial charge in [-0.15, -0.1) is 0 Å². The summed E-state index contributed by atoms with van der Waals surface area (Å²) in [4.78, 5) is 0. The second-order valence-electron chi connectivity index (χ2n) is 5.85. The van der Waals surface area contributed by atoms with Crippen LogP contribution < -0.4 is 0 Å². The number of fused-ring (bicyclic) bond motifs is 8. The van der Waals surface area contributed by atoms with Crippen LogP contribution in [0, 0.1) is 29.6 Å². The van der Waals surface area contributed by atoms with Crippen molar-refractivity contribution in [2.24, 2.45) is 29.6 Å². The van der Waals surface area contributed by atoms with E-state index in [0.717, 1.165) is 29.6 Å². The highest BCUT2D eigenvalue weighted by Gasteiger charge is 2.62. The third kappa shape index (κ3) is 0.809. The molecule has 0 radical (unpaired) electrons. The van der Waals surface area contributed by atoms with E-state index in [1.165, 1.54) is 19.3 Å². The van der Waals surface area contributed by atoms with Gasteiger partial charge in [-0.2, -0.15) is 0 Å². The maximum absolute atomic E-state index is 5.73. The van der Waals surface area contributed by atoms with Crippen molar-refractivity contribution < 1.29 is 9.47 Å². The largest absolute Gasteiger partial charge is 0.349 e. The van der Waals surface area contributed by atoms with Crippen LogP contribution in [0.15, 0.2) is 0 Å². The van der Waals surface area contributed by atoms with Crippen LogP contribution in [0.4, 0.5) is 0 Å². The summed E-state index contributed by atoms with van der Waals surface area (Å²) in [5.74, 6) is 4.62. The Hall–Kier alpha value is -0.0800. The standard InChI is InChI=1S/C12H18O2/c1-6-2-7-8(3-6)10-4-9(7)11-12(10)14-5-13-11/h6-12H,2-5H2,1H3. The molecule has 0 aromatic heterocycles. The van der Waals surface area contributed by atoms with E-state index in [4.69, 9.17) is 9.47 Å². The zero-order chi connectivity index (χ0) is 9.28. The van der Waals surface area contributed by atoms with Crippen LogP contribution in [-0.4, -0.2) is 19.0 Å². The second-order valence-corrected chi connectivity index (χ2v) is 5.85. The molecule has 0 aromatic rings. The molecule has 6 atom stereocenters. The van der Waals surface area contributed by atoms with E-state index >= 15 is 0 Å². The molecule has 3 saturated carbocycles. The fourth-order valence-electron chi connectivity index (χ4n) is 4.90. The van der Waals surface area contributed by atoms with Crippen LogP contribution in [0.5, 0.6) is 0 Å². The summed E-state index contributed by atoms with van der Waals surface area (Å²) in [5, 5.41) is 0. The first kappa shape index (κ1) is 8.12. The average Bonchev–Trinajstić information content (AvgIpc) is 2.73. The molecule has 6 unspecified atom stereocenters. The van der Waals surface area contributed by atoms with Crippen LogP contribution in [0.3, 0.4) is 0 Å². The van der Waals surface area contributed by atoms with Gasteiger partial charge in [0.2, 0.25) is 0 Å². The van der Waals surface area contributed by atoms with Gasteiger partial charge in [0.1, 0.15) is 6.79 Å². The van der Waals surface area contributed by atoms with E-state index in [0.29, 0.717) is 19.0 Å². The van der Waals surface area contributed by atoms with E-state index in [2.05, 4.69) is 6.92 Å². The monoisotopic (exact) mass is 194 g/mol. The molecule has 1 heterocycles. The van der Waals surface area contributed by atoms with Crippen LogP contribution in [-0.2, 0) is 9.47 Å². The Balaban J connectivity index is 1.68. The molecule has 4 rings (SSSR count). The van der Waals surface area contributed by atoms with E-state index < -0.39 is 0 Å². The molecular formula is C12H18O2. The molecule has 0 N–H and O–H groups in total. The van der Waals surface area contributed by atoms with Crippen LogP contribution >= 0.6 is 0 Å². The molecule has 2 nitrogen and oxygen atoms in total. The molecule has 2 heteroatoms. The van der Waals surface area contributed by atoms with E-state index in [-0.39, 0.29) is 0 Å². The predicted octanol–water partition coefficient (Wildman–Crippen LogP) is 2.04. The Kier molecular flexibility index (Phi) is 1.47.